The molecule has 1 heterocycles. The molecule has 0 spiro atoms. The zero-order valence-corrected chi connectivity index (χ0v) is 12.8. The van der Waals surface area contributed by atoms with Crippen molar-refractivity contribution in [1.29, 1.82) is 5.26 Å². The molecular formula is C20H13N3O. The van der Waals surface area contributed by atoms with E-state index in [1.165, 1.54) is 0 Å². The van der Waals surface area contributed by atoms with Crippen molar-refractivity contribution < 1.29 is 4.84 Å². The monoisotopic (exact) mass is 311 g/mol. The maximum atomic E-state index is 8.81. The molecule has 0 unspecified atom stereocenters. The number of benzene rings is 2. The molecule has 0 amide bonds. The van der Waals surface area contributed by atoms with Gasteiger partial charge in [-0.1, -0.05) is 41.6 Å². The van der Waals surface area contributed by atoms with E-state index in [0.717, 1.165) is 33.1 Å². The maximum Gasteiger partial charge on any atom is 0.142 e. The van der Waals surface area contributed by atoms with Crippen LogP contribution in [-0.4, -0.2) is 5.71 Å². The highest BCUT2D eigenvalue weighted by Crippen LogP contribution is 2.21. The minimum atomic E-state index is 0.355. The van der Waals surface area contributed by atoms with Gasteiger partial charge in [-0.05, 0) is 35.9 Å². The van der Waals surface area contributed by atoms with Crippen LogP contribution in [0.5, 0.6) is 0 Å². The van der Waals surface area contributed by atoms with Crippen LogP contribution in [-0.2, 0) is 11.4 Å². The summed E-state index contributed by atoms with van der Waals surface area (Å²) in [7, 11) is 0. The first-order chi connectivity index (χ1) is 11.8. The van der Waals surface area contributed by atoms with Crippen LogP contribution in [0.4, 0.5) is 0 Å². The van der Waals surface area contributed by atoms with Gasteiger partial charge in [0.05, 0.1) is 22.7 Å². The fourth-order valence-electron chi connectivity index (χ4n) is 2.74. The first-order valence-corrected chi connectivity index (χ1v) is 7.61. The number of hydrogen-bond donors (Lipinski definition) is 0. The SMILES string of the molecule is N#Cc1ccc(CON=C2C=CC=C3N=c4ccccc4=C32)cc1. The van der Waals surface area contributed by atoms with Crippen molar-refractivity contribution in [3.63, 3.8) is 0 Å². The Balaban J connectivity index is 1.59. The van der Waals surface area contributed by atoms with Crippen molar-refractivity contribution in [1.82, 2.24) is 0 Å². The Kier molecular flexibility index (Phi) is 3.53. The number of nitrogens with zero attached hydrogens (tertiary/aromatic N) is 3. The molecule has 4 rings (SSSR count). The lowest BCUT2D eigenvalue weighted by Crippen LogP contribution is -2.24. The highest BCUT2D eigenvalue weighted by atomic mass is 16.6. The lowest BCUT2D eigenvalue weighted by Gasteiger charge is -2.08. The third kappa shape index (κ3) is 2.53. The molecule has 0 fully saturated rings. The predicted octanol–water partition coefficient (Wildman–Crippen LogP) is 2.37. The standard InChI is InChI=1S/C20H13N3O/c21-12-14-8-10-15(11-9-14)13-24-23-19-7-3-6-18-20(19)16-4-1-2-5-17(16)22-18/h1-11H,13H2. The Morgan fingerprint density at radius 1 is 1.08 bits per heavy atom. The van der Waals surface area contributed by atoms with Crippen LogP contribution in [0.2, 0.25) is 0 Å². The van der Waals surface area contributed by atoms with Crippen LogP contribution in [0.15, 0.2) is 82.6 Å². The molecule has 2 aromatic carbocycles. The fourth-order valence-corrected chi connectivity index (χ4v) is 2.74. The van der Waals surface area contributed by atoms with Gasteiger partial charge in [-0.3, -0.25) is 0 Å². The van der Waals surface area contributed by atoms with E-state index in [-0.39, 0.29) is 0 Å². The number of nitriles is 1. The molecule has 0 bridgehead atoms. The topological polar surface area (TPSA) is 57.7 Å². The van der Waals surface area contributed by atoms with Gasteiger partial charge in [0.15, 0.2) is 0 Å². The molecule has 1 aliphatic heterocycles. The minimum absolute atomic E-state index is 0.355. The molecule has 24 heavy (non-hydrogen) atoms. The van der Waals surface area contributed by atoms with Gasteiger partial charge in [-0.2, -0.15) is 5.26 Å². The second kappa shape index (κ2) is 5.98. The number of hydrogen-bond acceptors (Lipinski definition) is 4. The number of allylic oxidation sites excluding steroid dienone is 4. The van der Waals surface area contributed by atoms with Crippen molar-refractivity contribution in [3.8, 4) is 6.07 Å². The highest BCUT2D eigenvalue weighted by molar-refractivity contribution is 6.30. The maximum absolute atomic E-state index is 8.81. The van der Waals surface area contributed by atoms with Gasteiger partial charge in [0.1, 0.15) is 12.3 Å². The highest BCUT2D eigenvalue weighted by Gasteiger charge is 2.19. The Bertz CT molecular complexity index is 1050. The number of fused-ring (bicyclic) bond motifs is 2. The summed E-state index contributed by atoms with van der Waals surface area (Å²) in [6.07, 6.45) is 5.84. The number of para-hydroxylation sites is 1. The molecule has 1 aliphatic carbocycles. The Labute approximate surface area is 139 Å². The third-order valence-corrected chi connectivity index (χ3v) is 3.91. The van der Waals surface area contributed by atoms with Gasteiger partial charge in [-0.25, -0.2) is 4.99 Å². The van der Waals surface area contributed by atoms with Crippen molar-refractivity contribution in [2.24, 2.45) is 10.1 Å². The van der Waals surface area contributed by atoms with E-state index in [9.17, 15) is 0 Å². The van der Waals surface area contributed by atoms with Crippen molar-refractivity contribution in [2.75, 3.05) is 0 Å². The summed E-state index contributed by atoms with van der Waals surface area (Å²) in [6, 6.07) is 17.4. The largest absolute Gasteiger partial charge is 0.390 e. The molecule has 0 aromatic heterocycles. The number of oxime groups is 1. The molecule has 2 aliphatic rings. The van der Waals surface area contributed by atoms with Gasteiger partial charge in [0.2, 0.25) is 0 Å². The van der Waals surface area contributed by atoms with E-state index in [2.05, 4.69) is 16.2 Å². The van der Waals surface area contributed by atoms with Crippen molar-refractivity contribution >= 4 is 11.3 Å². The van der Waals surface area contributed by atoms with Crippen molar-refractivity contribution in [3.05, 3.63) is 94.2 Å². The van der Waals surface area contributed by atoms with Crippen LogP contribution < -0.4 is 10.6 Å². The van der Waals surface area contributed by atoms with Gasteiger partial charge >= 0.3 is 0 Å². The van der Waals surface area contributed by atoms with E-state index >= 15 is 0 Å². The summed E-state index contributed by atoms with van der Waals surface area (Å²) in [5.41, 5.74) is 4.30. The van der Waals surface area contributed by atoms with E-state index in [4.69, 9.17) is 10.1 Å². The summed E-state index contributed by atoms with van der Waals surface area (Å²) in [5.74, 6) is 0. The average Bonchev–Trinajstić information content (AvgIpc) is 3.02. The normalized spacial score (nSPS) is 16.0. The molecule has 4 nitrogen and oxygen atoms in total. The second-order valence-electron chi connectivity index (χ2n) is 5.47. The zero-order chi connectivity index (χ0) is 16.4. The van der Waals surface area contributed by atoms with Crippen LogP contribution in [0, 0.1) is 11.3 Å². The van der Waals surface area contributed by atoms with E-state index < -0.39 is 0 Å². The fraction of sp³-hybridized carbons (Fsp3) is 0.0500. The molecule has 2 aromatic rings. The quantitative estimate of drug-likeness (QED) is 0.817. The summed E-state index contributed by atoms with van der Waals surface area (Å²) >= 11 is 0. The zero-order valence-electron chi connectivity index (χ0n) is 12.8. The molecular weight excluding hydrogens is 298 g/mol. The lowest BCUT2D eigenvalue weighted by atomic mass is 10.0. The lowest BCUT2D eigenvalue weighted by molar-refractivity contribution is 0.131. The molecule has 0 atom stereocenters. The Morgan fingerprint density at radius 3 is 2.75 bits per heavy atom. The summed E-state index contributed by atoms with van der Waals surface area (Å²) in [5, 5.41) is 15.1. The molecule has 4 heteroatoms. The molecule has 0 saturated carbocycles. The Morgan fingerprint density at radius 2 is 1.92 bits per heavy atom. The smallest absolute Gasteiger partial charge is 0.142 e. The van der Waals surface area contributed by atoms with Crippen LogP contribution in [0.25, 0.3) is 5.57 Å². The molecule has 0 radical (unpaired) electrons. The Hall–Kier alpha value is -3.45. The molecule has 114 valence electrons. The van der Waals surface area contributed by atoms with E-state index in [0.29, 0.717) is 12.2 Å². The average molecular weight is 311 g/mol. The van der Waals surface area contributed by atoms with Gasteiger partial charge in [0.25, 0.3) is 0 Å². The summed E-state index contributed by atoms with van der Waals surface area (Å²) < 4.78 is 0. The first-order valence-electron chi connectivity index (χ1n) is 7.61. The minimum Gasteiger partial charge on any atom is -0.390 e. The van der Waals surface area contributed by atoms with Crippen LogP contribution >= 0.6 is 0 Å². The third-order valence-electron chi connectivity index (χ3n) is 3.91. The summed E-state index contributed by atoms with van der Waals surface area (Å²) in [6.45, 7) is 0.355. The van der Waals surface area contributed by atoms with Crippen molar-refractivity contribution in [2.45, 2.75) is 6.61 Å². The molecule has 0 N–H and O–H groups in total. The van der Waals surface area contributed by atoms with E-state index in [1.54, 1.807) is 12.1 Å². The van der Waals surface area contributed by atoms with Gasteiger partial charge in [0, 0.05) is 10.8 Å². The molecule has 0 saturated heterocycles. The van der Waals surface area contributed by atoms with Crippen LogP contribution in [0.1, 0.15) is 11.1 Å². The summed E-state index contributed by atoms with van der Waals surface area (Å²) in [4.78, 5) is 10.1. The predicted molar refractivity (Wildman–Crippen MR) is 91.2 cm³/mol. The van der Waals surface area contributed by atoms with Gasteiger partial charge in [-0.15, -0.1) is 0 Å². The van der Waals surface area contributed by atoms with E-state index in [1.807, 2.05) is 54.6 Å². The number of rotatable bonds is 3. The second-order valence-corrected chi connectivity index (χ2v) is 5.47. The first kappa shape index (κ1) is 14.2. The van der Waals surface area contributed by atoms with Crippen LogP contribution in [0.3, 0.4) is 0 Å². The van der Waals surface area contributed by atoms with Gasteiger partial charge < -0.3 is 4.84 Å².